The van der Waals surface area contributed by atoms with Gasteiger partial charge in [0.1, 0.15) is 0 Å². The van der Waals surface area contributed by atoms with Crippen LogP contribution < -0.4 is 11.1 Å². The molecule has 0 spiro atoms. The van der Waals surface area contributed by atoms with E-state index in [1.807, 2.05) is 12.1 Å². The number of nitrogens with one attached hydrogen (secondary N) is 1. The summed E-state index contributed by atoms with van der Waals surface area (Å²) in [4.78, 5) is 11.9. The van der Waals surface area contributed by atoms with E-state index in [1.54, 1.807) is 40.8 Å². The van der Waals surface area contributed by atoms with Crippen LogP contribution >= 0.6 is 11.8 Å². The van der Waals surface area contributed by atoms with Gasteiger partial charge in [-0.1, -0.05) is 0 Å². The van der Waals surface area contributed by atoms with E-state index in [0.717, 1.165) is 17.9 Å². The van der Waals surface area contributed by atoms with E-state index in [-0.39, 0.29) is 5.91 Å². The number of hydrogen-bond acceptors (Lipinski definition) is 4. The van der Waals surface area contributed by atoms with Crippen molar-refractivity contribution < 1.29 is 4.79 Å². The Balaban J connectivity index is 1.98. The Kier molecular flexibility index (Phi) is 5.06. The summed E-state index contributed by atoms with van der Waals surface area (Å²) in [7, 11) is 0. The second kappa shape index (κ2) is 7.00. The van der Waals surface area contributed by atoms with Crippen molar-refractivity contribution in [1.29, 1.82) is 0 Å². The molecular formula is C14H18N4OS. The molecule has 0 saturated carbocycles. The van der Waals surface area contributed by atoms with Crippen molar-refractivity contribution in [2.45, 2.75) is 6.42 Å². The van der Waals surface area contributed by atoms with Gasteiger partial charge in [0.05, 0.1) is 5.69 Å². The number of carbonyl (C=O) groups is 1. The molecule has 1 aromatic heterocycles. The van der Waals surface area contributed by atoms with Gasteiger partial charge >= 0.3 is 0 Å². The van der Waals surface area contributed by atoms with E-state index in [4.69, 9.17) is 5.73 Å². The molecule has 1 aromatic carbocycles. The predicted molar refractivity (Wildman–Crippen MR) is 83.3 cm³/mol. The molecule has 0 bridgehead atoms. The molecular weight excluding hydrogens is 272 g/mol. The minimum Gasteiger partial charge on any atom is -0.399 e. The molecule has 0 aliphatic heterocycles. The zero-order valence-electron chi connectivity index (χ0n) is 11.4. The third-order valence-corrected chi connectivity index (χ3v) is 3.49. The highest BCUT2D eigenvalue weighted by atomic mass is 32.2. The molecule has 0 saturated heterocycles. The van der Waals surface area contributed by atoms with Crippen molar-refractivity contribution >= 4 is 23.4 Å². The van der Waals surface area contributed by atoms with E-state index in [0.29, 0.717) is 17.9 Å². The fraction of sp³-hybridized carbons (Fsp3) is 0.286. The minimum absolute atomic E-state index is 0.139. The monoisotopic (exact) mass is 290 g/mol. The predicted octanol–water partition coefficient (Wildman–Crippen LogP) is 1.94. The SMILES string of the molecule is CSCCCNC(=O)c1ccn(-c2ccc(N)cc2)n1. The van der Waals surface area contributed by atoms with Gasteiger partial charge in [-0.05, 0) is 48.8 Å². The zero-order chi connectivity index (χ0) is 14.4. The number of benzene rings is 1. The van der Waals surface area contributed by atoms with E-state index in [9.17, 15) is 4.79 Å². The minimum atomic E-state index is -0.139. The second-order valence-electron chi connectivity index (χ2n) is 4.34. The Hall–Kier alpha value is -1.95. The van der Waals surface area contributed by atoms with Crippen molar-refractivity contribution in [2.75, 3.05) is 24.3 Å². The average Bonchev–Trinajstić information content (AvgIpc) is 2.94. The molecule has 0 aliphatic carbocycles. The number of thioether (sulfide) groups is 1. The van der Waals surface area contributed by atoms with Crippen LogP contribution in [0.15, 0.2) is 36.5 Å². The molecule has 5 nitrogen and oxygen atoms in total. The van der Waals surface area contributed by atoms with Crippen LogP contribution in [0.3, 0.4) is 0 Å². The van der Waals surface area contributed by atoms with Crippen LogP contribution in [0.1, 0.15) is 16.9 Å². The molecule has 0 fully saturated rings. The number of carbonyl (C=O) groups excluding carboxylic acids is 1. The molecule has 2 rings (SSSR count). The van der Waals surface area contributed by atoms with Crippen LogP contribution in [0.4, 0.5) is 5.69 Å². The number of nitrogens with zero attached hydrogens (tertiary/aromatic N) is 2. The van der Waals surface area contributed by atoms with Gasteiger partial charge in [-0.2, -0.15) is 16.9 Å². The summed E-state index contributed by atoms with van der Waals surface area (Å²) in [5.41, 5.74) is 7.64. The number of anilines is 1. The van der Waals surface area contributed by atoms with Crippen LogP contribution in [0, 0.1) is 0 Å². The maximum absolute atomic E-state index is 11.9. The van der Waals surface area contributed by atoms with Crippen molar-refractivity contribution in [3.05, 3.63) is 42.2 Å². The van der Waals surface area contributed by atoms with Crippen LogP contribution in [-0.2, 0) is 0 Å². The summed E-state index contributed by atoms with van der Waals surface area (Å²) in [6.07, 6.45) is 4.78. The highest BCUT2D eigenvalue weighted by molar-refractivity contribution is 7.98. The van der Waals surface area contributed by atoms with Gasteiger partial charge < -0.3 is 11.1 Å². The van der Waals surface area contributed by atoms with Crippen LogP contribution in [0.2, 0.25) is 0 Å². The Morgan fingerprint density at radius 2 is 2.10 bits per heavy atom. The summed E-state index contributed by atoms with van der Waals surface area (Å²) in [6.45, 7) is 0.675. The molecule has 0 unspecified atom stereocenters. The van der Waals surface area contributed by atoms with Gasteiger partial charge in [-0.15, -0.1) is 0 Å². The van der Waals surface area contributed by atoms with Crippen LogP contribution in [-0.4, -0.2) is 34.2 Å². The maximum atomic E-state index is 11.9. The molecule has 6 heteroatoms. The van der Waals surface area contributed by atoms with Crippen LogP contribution in [0.25, 0.3) is 5.69 Å². The van der Waals surface area contributed by atoms with Gasteiger partial charge in [0.25, 0.3) is 5.91 Å². The van der Waals surface area contributed by atoms with E-state index in [2.05, 4.69) is 16.7 Å². The summed E-state index contributed by atoms with van der Waals surface area (Å²) in [6, 6.07) is 9.05. The fourth-order valence-corrected chi connectivity index (χ4v) is 2.16. The maximum Gasteiger partial charge on any atom is 0.271 e. The number of aromatic nitrogens is 2. The fourth-order valence-electron chi connectivity index (χ4n) is 1.72. The molecule has 106 valence electrons. The van der Waals surface area contributed by atoms with Crippen molar-refractivity contribution in [3.63, 3.8) is 0 Å². The number of nitrogen functional groups attached to an aromatic ring is 1. The number of amides is 1. The first-order valence-electron chi connectivity index (χ1n) is 6.39. The molecule has 1 amide bonds. The van der Waals surface area contributed by atoms with Crippen molar-refractivity contribution in [1.82, 2.24) is 15.1 Å². The summed E-state index contributed by atoms with van der Waals surface area (Å²) < 4.78 is 1.66. The normalized spacial score (nSPS) is 10.4. The smallest absolute Gasteiger partial charge is 0.271 e. The highest BCUT2D eigenvalue weighted by Crippen LogP contribution is 2.10. The van der Waals surface area contributed by atoms with E-state index in [1.165, 1.54) is 0 Å². The molecule has 0 radical (unpaired) electrons. The van der Waals surface area contributed by atoms with Crippen molar-refractivity contribution in [2.24, 2.45) is 0 Å². The first-order chi connectivity index (χ1) is 9.70. The first kappa shape index (κ1) is 14.5. The molecule has 0 atom stereocenters. The largest absolute Gasteiger partial charge is 0.399 e. The quantitative estimate of drug-likeness (QED) is 0.630. The summed E-state index contributed by atoms with van der Waals surface area (Å²) >= 11 is 1.77. The highest BCUT2D eigenvalue weighted by Gasteiger charge is 2.09. The topological polar surface area (TPSA) is 72.9 Å². The van der Waals surface area contributed by atoms with E-state index < -0.39 is 0 Å². The molecule has 3 N–H and O–H groups in total. The molecule has 2 aromatic rings. The lowest BCUT2D eigenvalue weighted by Gasteiger charge is -2.03. The Morgan fingerprint density at radius 1 is 1.35 bits per heavy atom. The Morgan fingerprint density at radius 3 is 2.80 bits per heavy atom. The number of hydrogen-bond donors (Lipinski definition) is 2. The summed E-state index contributed by atoms with van der Waals surface area (Å²) in [5.74, 6) is 0.903. The van der Waals surface area contributed by atoms with Gasteiger partial charge in [-0.25, -0.2) is 4.68 Å². The van der Waals surface area contributed by atoms with Gasteiger partial charge in [0, 0.05) is 18.4 Å². The second-order valence-corrected chi connectivity index (χ2v) is 5.32. The Bertz CT molecular complexity index is 565. The average molecular weight is 290 g/mol. The lowest BCUT2D eigenvalue weighted by Crippen LogP contribution is -2.25. The van der Waals surface area contributed by atoms with E-state index >= 15 is 0 Å². The third kappa shape index (κ3) is 3.77. The summed E-state index contributed by atoms with van der Waals surface area (Å²) in [5, 5.41) is 7.13. The lowest BCUT2D eigenvalue weighted by atomic mass is 10.3. The molecule has 20 heavy (non-hydrogen) atoms. The zero-order valence-corrected chi connectivity index (χ0v) is 12.2. The van der Waals surface area contributed by atoms with Gasteiger partial charge in [0.2, 0.25) is 0 Å². The first-order valence-corrected chi connectivity index (χ1v) is 7.79. The Labute approximate surface area is 122 Å². The van der Waals surface area contributed by atoms with Crippen molar-refractivity contribution in [3.8, 4) is 5.69 Å². The molecule has 0 aliphatic rings. The number of rotatable bonds is 6. The van der Waals surface area contributed by atoms with Gasteiger partial charge in [0.15, 0.2) is 5.69 Å². The standard InChI is InChI=1S/C14H18N4OS/c1-20-10-2-8-16-14(19)13-7-9-18(17-13)12-5-3-11(15)4-6-12/h3-7,9H,2,8,10,15H2,1H3,(H,16,19). The number of nitrogens with two attached hydrogens (primary N) is 1. The lowest BCUT2D eigenvalue weighted by molar-refractivity contribution is 0.0948. The molecule has 1 heterocycles. The third-order valence-electron chi connectivity index (χ3n) is 2.79. The van der Waals surface area contributed by atoms with Gasteiger partial charge in [-0.3, -0.25) is 4.79 Å². The van der Waals surface area contributed by atoms with Crippen LogP contribution in [0.5, 0.6) is 0 Å².